The van der Waals surface area contributed by atoms with Crippen LogP contribution in [0.25, 0.3) is 0 Å². The average Bonchev–Trinajstić information content (AvgIpc) is 3.16. The number of ether oxygens (including phenoxy) is 2. The van der Waals surface area contributed by atoms with Crippen LogP contribution in [0.5, 0.6) is 11.5 Å². The van der Waals surface area contributed by atoms with Crippen LogP contribution >= 0.6 is 0 Å². The Hall–Kier alpha value is -3.06. The van der Waals surface area contributed by atoms with Gasteiger partial charge in [0.05, 0.1) is 6.42 Å². The fourth-order valence-electron chi connectivity index (χ4n) is 5.77. The number of rotatable bonds is 5. The average molecular weight is 478 g/mol. The van der Waals surface area contributed by atoms with Crippen molar-refractivity contribution in [2.24, 2.45) is 11.1 Å². The molecule has 2 fully saturated rings. The summed E-state index contributed by atoms with van der Waals surface area (Å²) in [7, 11) is 0. The number of hydrogen-bond acceptors (Lipinski definition) is 5. The number of nitrogens with two attached hydrogens (primary N) is 1. The van der Waals surface area contributed by atoms with Gasteiger partial charge in [0.15, 0.2) is 11.5 Å². The number of hydrogen-bond donors (Lipinski definition) is 1. The lowest BCUT2D eigenvalue weighted by atomic mass is 9.71. The summed E-state index contributed by atoms with van der Waals surface area (Å²) in [6.07, 6.45) is 4.43. The van der Waals surface area contributed by atoms with E-state index in [0.29, 0.717) is 16.5 Å². The Labute approximate surface area is 207 Å². The van der Waals surface area contributed by atoms with Crippen molar-refractivity contribution in [3.8, 4) is 11.5 Å². The largest absolute Gasteiger partial charge is 0.449 e. The summed E-state index contributed by atoms with van der Waals surface area (Å²) in [4.78, 5) is 29.1. The smallest absolute Gasteiger partial charge is 0.254 e. The van der Waals surface area contributed by atoms with E-state index in [1.54, 1.807) is 6.07 Å². The molecule has 0 atom stereocenters. The van der Waals surface area contributed by atoms with Crippen molar-refractivity contribution in [2.75, 3.05) is 26.2 Å². The van der Waals surface area contributed by atoms with Gasteiger partial charge in [-0.15, -0.1) is 0 Å². The van der Waals surface area contributed by atoms with Gasteiger partial charge < -0.3 is 20.1 Å². The van der Waals surface area contributed by atoms with Crippen LogP contribution in [-0.2, 0) is 17.8 Å². The summed E-state index contributed by atoms with van der Waals surface area (Å²) in [5.74, 6) is 0.683. The van der Waals surface area contributed by atoms with Crippen molar-refractivity contribution in [1.82, 2.24) is 9.80 Å². The molecule has 0 unspecified atom stereocenters. The molecule has 7 nitrogen and oxygen atoms in total. The summed E-state index contributed by atoms with van der Waals surface area (Å²) >= 11 is 0. The normalized spacial score (nSPS) is 20.7. The SMILES string of the molecule is CC1(C)Oc2cccc(CN3CCC4(CC3)CCN(C(=O)c3ccccc3CC(N)=O)CC4)c2O1. The lowest BCUT2D eigenvalue weighted by Crippen LogP contribution is -2.48. The Bertz CT molecular complexity index is 1110. The molecule has 2 saturated heterocycles. The van der Waals surface area contributed by atoms with Gasteiger partial charge in [-0.05, 0) is 61.9 Å². The first-order valence-corrected chi connectivity index (χ1v) is 12.6. The molecule has 3 heterocycles. The minimum atomic E-state index is -0.615. The summed E-state index contributed by atoms with van der Waals surface area (Å²) < 4.78 is 12.0. The van der Waals surface area contributed by atoms with Crippen LogP contribution in [0.2, 0.25) is 0 Å². The number of primary amides is 1. The molecule has 186 valence electrons. The molecule has 3 aliphatic heterocycles. The van der Waals surface area contributed by atoms with Gasteiger partial charge in [0.25, 0.3) is 5.91 Å². The van der Waals surface area contributed by atoms with Gasteiger partial charge in [0.1, 0.15) is 0 Å². The van der Waals surface area contributed by atoms with E-state index in [1.807, 2.05) is 49.1 Å². The Morgan fingerprint density at radius 3 is 2.26 bits per heavy atom. The number of fused-ring (bicyclic) bond motifs is 1. The monoisotopic (exact) mass is 477 g/mol. The van der Waals surface area contributed by atoms with Crippen LogP contribution < -0.4 is 15.2 Å². The Balaban J connectivity index is 1.17. The maximum atomic E-state index is 13.2. The van der Waals surface area contributed by atoms with Crippen LogP contribution in [0.3, 0.4) is 0 Å². The van der Waals surface area contributed by atoms with Gasteiger partial charge in [-0.2, -0.15) is 0 Å². The molecular formula is C28H35N3O4. The summed E-state index contributed by atoms with van der Waals surface area (Å²) in [6.45, 7) is 8.35. The van der Waals surface area contributed by atoms with Crippen molar-refractivity contribution in [1.29, 1.82) is 0 Å². The van der Waals surface area contributed by atoms with E-state index in [1.165, 1.54) is 5.56 Å². The molecule has 7 heteroatoms. The molecule has 2 aromatic rings. The zero-order valence-electron chi connectivity index (χ0n) is 20.7. The Kier molecular flexibility index (Phi) is 6.21. The van der Waals surface area contributed by atoms with Gasteiger partial charge in [0, 0.05) is 44.6 Å². The topological polar surface area (TPSA) is 85.1 Å². The number of nitrogens with zero attached hydrogens (tertiary/aromatic N) is 2. The lowest BCUT2D eigenvalue weighted by Gasteiger charge is -2.47. The minimum Gasteiger partial charge on any atom is -0.449 e. The highest BCUT2D eigenvalue weighted by Gasteiger charge is 2.39. The van der Waals surface area contributed by atoms with Crippen LogP contribution in [-0.4, -0.2) is 53.6 Å². The van der Waals surface area contributed by atoms with E-state index in [9.17, 15) is 9.59 Å². The number of carbonyl (C=O) groups excluding carboxylic acids is 2. The van der Waals surface area contributed by atoms with Crippen molar-refractivity contribution >= 4 is 11.8 Å². The molecule has 2 aromatic carbocycles. The molecule has 35 heavy (non-hydrogen) atoms. The molecule has 0 saturated carbocycles. The first-order valence-electron chi connectivity index (χ1n) is 12.6. The maximum absolute atomic E-state index is 13.2. The summed E-state index contributed by atoms with van der Waals surface area (Å²) in [6, 6.07) is 13.5. The molecule has 0 aliphatic carbocycles. The van der Waals surface area contributed by atoms with Gasteiger partial charge in [0.2, 0.25) is 11.7 Å². The van der Waals surface area contributed by atoms with Crippen molar-refractivity contribution in [3.05, 3.63) is 59.2 Å². The Morgan fingerprint density at radius 2 is 1.54 bits per heavy atom. The highest BCUT2D eigenvalue weighted by Crippen LogP contribution is 2.44. The second-order valence-electron chi connectivity index (χ2n) is 10.7. The van der Waals surface area contributed by atoms with Crippen molar-refractivity contribution < 1.29 is 19.1 Å². The summed E-state index contributed by atoms with van der Waals surface area (Å²) in [5.41, 5.74) is 8.18. The minimum absolute atomic E-state index is 0.0113. The molecule has 0 bridgehead atoms. The highest BCUT2D eigenvalue weighted by molar-refractivity contribution is 5.97. The third-order valence-electron chi connectivity index (χ3n) is 7.80. The number of piperidine rings is 2. The molecule has 2 N–H and O–H groups in total. The van der Waals surface area contributed by atoms with E-state index in [2.05, 4.69) is 11.0 Å². The van der Waals surface area contributed by atoms with Gasteiger partial charge in [-0.1, -0.05) is 30.3 Å². The van der Waals surface area contributed by atoms with Gasteiger partial charge in [-0.25, -0.2) is 0 Å². The van der Waals surface area contributed by atoms with Crippen molar-refractivity contribution in [3.63, 3.8) is 0 Å². The third-order valence-corrected chi connectivity index (χ3v) is 7.80. The van der Waals surface area contributed by atoms with Crippen LogP contribution in [0.4, 0.5) is 0 Å². The fourth-order valence-corrected chi connectivity index (χ4v) is 5.77. The number of amides is 2. The second-order valence-corrected chi connectivity index (χ2v) is 10.7. The van der Waals surface area contributed by atoms with Gasteiger partial charge >= 0.3 is 0 Å². The zero-order valence-corrected chi connectivity index (χ0v) is 20.7. The molecule has 1 spiro atoms. The molecule has 0 radical (unpaired) electrons. The first-order chi connectivity index (χ1) is 16.7. The zero-order chi connectivity index (χ0) is 24.6. The first kappa shape index (κ1) is 23.7. The maximum Gasteiger partial charge on any atom is 0.254 e. The van der Waals surface area contributed by atoms with Gasteiger partial charge in [-0.3, -0.25) is 14.5 Å². The molecule has 3 aliphatic rings. The standard InChI is InChI=1S/C28H35N3O4/c1-27(2)34-23-9-5-7-21(25(23)35-27)19-30-14-10-28(11-15-30)12-16-31(17-13-28)26(33)22-8-4-3-6-20(22)18-24(29)32/h3-9H,10-19H2,1-2H3,(H2,29,32). The van der Waals surface area contributed by atoms with Crippen LogP contribution in [0, 0.1) is 5.41 Å². The predicted octanol–water partition coefficient (Wildman–Crippen LogP) is 3.74. The predicted molar refractivity (Wildman–Crippen MR) is 133 cm³/mol. The number of para-hydroxylation sites is 1. The van der Waals surface area contributed by atoms with E-state index in [4.69, 9.17) is 15.2 Å². The Morgan fingerprint density at radius 1 is 0.886 bits per heavy atom. The van der Waals surface area contributed by atoms with E-state index in [0.717, 1.165) is 69.9 Å². The summed E-state index contributed by atoms with van der Waals surface area (Å²) in [5, 5.41) is 0. The highest BCUT2D eigenvalue weighted by atomic mass is 16.7. The quantitative estimate of drug-likeness (QED) is 0.709. The van der Waals surface area contributed by atoms with E-state index in [-0.39, 0.29) is 12.3 Å². The second kappa shape index (κ2) is 9.19. The van der Waals surface area contributed by atoms with Crippen LogP contribution in [0.1, 0.15) is 61.0 Å². The van der Waals surface area contributed by atoms with E-state index >= 15 is 0 Å². The third kappa shape index (κ3) is 5.01. The van der Waals surface area contributed by atoms with Crippen molar-refractivity contribution in [2.45, 2.75) is 58.3 Å². The number of benzene rings is 2. The van der Waals surface area contributed by atoms with E-state index < -0.39 is 11.7 Å². The molecular weight excluding hydrogens is 442 g/mol. The molecule has 0 aromatic heterocycles. The van der Waals surface area contributed by atoms with Crippen LogP contribution in [0.15, 0.2) is 42.5 Å². The number of carbonyl (C=O) groups is 2. The number of likely N-dealkylation sites (tertiary alicyclic amines) is 2. The molecule has 5 rings (SSSR count). The fraction of sp³-hybridized carbons (Fsp3) is 0.500. The molecule has 2 amide bonds. The lowest BCUT2D eigenvalue weighted by molar-refractivity contribution is -0.117.